The minimum Gasteiger partial charge on any atom is -0.357 e. The molecular weight excluding hydrogens is 340 g/mol. The van der Waals surface area contributed by atoms with Crippen LogP contribution in [0.5, 0.6) is 0 Å². The summed E-state index contributed by atoms with van der Waals surface area (Å²) in [7, 11) is 0. The number of hydrogen-bond donors (Lipinski definition) is 2. The number of hydrogen-bond acceptors (Lipinski definition) is 4. The van der Waals surface area contributed by atoms with Gasteiger partial charge in [-0.1, -0.05) is 18.2 Å². The van der Waals surface area contributed by atoms with E-state index in [1.54, 1.807) is 18.3 Å². The fraction of sp³-hybridized carbons (Fsp3) is 0.381. The van der Waals surface area contributed by atoms with Crippen molar-refractivity contribution < 1.29 is 9.59 Å². The number of nitrogens with one attached hydrogen (secondary N) is 2. The molecule has 27 heavy (non-hydrogen) atoms. The summed E-state index contributed by atoms with van der Waals surface area (Å²) in [6.07, 6.45) is 5.64. The summed E-state index contributed by atoms with van der Waals surface area (Å²) < 4.78 is 0. The lowest BCUT2D eigenvalue weighted by Gasteiger charge is -2.32. The largest absolute Gasteiger partial charge is 0.357 e. The Labute approximate surface area is 159 Å². The van der Waals surface area contributed by atoms with Crippen LogP contribution in [0.4, 0.5) is 11.5 Å². The predicted molar refractivity (Wildman–Crippen MR) is 105 cm³/mol. The predicted octanol–water partition coefficient (Wildman–Crippen LogP) is 2.83. The fourth-order valence-electron chi connectivity index (χ4n) is 3.36. The van der Waals surface area contributed by atoms with Gasteiger partial charge in [-0.15, -0.1) is 0 Å². The second-order valence-corrected chi connectivity index (χ2v) is 7.27. The molecule has 0 unspecified atom stereocenters. The van der Waals surface area contributed by atoms with Crippen molar-refractivity contribution in [1.82, 2.24) is 10.3 Å². The third-order valence-electron chi connectivity index (χ3n) is 5.16. The molecule has 2 aliphatic rings. The van der Waals surface area contributed by atoms with Gasteiger partial charge in [0.1, 0.15) is 5.82 Å². The maximum atomic E-state index is 12.2. The quantitative estimate of drug-likeness (QED) is 0.856. The van der Waals surface area contributed by atoms with E-state index in [2.05, 4.69) is 20.5 Å². The normalized spacial score (nSPS) is 17.4. The molecule has 1 saturated heterocycles. The zero-order valence-corrected chi connectivity index (χ0v) is 15.2. The maximum Gasteiger partial charge on any atom is 0.255 e. The van der Waals surface area contributed by atoms with Crippen molar-refractivity contribution in [3.8, 4) is 0 Å². The van der Waals surface area contributed by atoms with Crippen molar-refractivity contribution in [3.63, 3.8) is 0 Å². The molecule has 6 heteroatoms. The Hall–Kier alpha value is -2.89. The SMILES string of the molecule is O=C(Nc1ccc(N2CCC(C(=O)NC3CC3)CC2)nc1)c1ccccc1. The molecule has 1 aromatic carbocycles. The van der Waals surface area contributed by atoms with E-state index in [1.807, 2.05) is 30.3 Å². The number of amides is 2. The van der Waals surface area contributed by atoms with Gasteiger partial charge in [-0.2, -0.15) is 0 Å². The van der Waals surface area contributed by atoms with Gasteiger partial charge in [0.15, 0.2) is 0 Å². The number of aromatic nitrogens is 1. The van der Waals surface area contributed by atoms with Crippen LogP contribution in [-0.2, 0) is 4.79 Å². The van der Waals surface area contributed by atoms with Crippen LogP contribution in [0, 0.1) is 5.92 Å². The Morgan fingerprint density at radius 1 is 0.963 bits per heavy atom. The third-order valence-corrected chi connectivity index (χ3v) is 5.16. The molecule has 0 bridgehead atoms. The summed E-state index contributed by atoms with van der Waals surface area (Å²) in [4.78, 5) is 31.1. The van der Waals surface area contributed by atoms with Crippen LogP contribution in [0.2, 0.25) is 0 Å². The molecule has 2 heterocycles. The first-order valence-electron chi connectivity index (χ1n) is 9.57. The zero-order valence-electron chi connectivity index (χ0n) is 15.2. The van der Waals surface area contributed by atoms with Crippen molar-refractivity contribution in [2.75, 3.05) is 23.3 Å². The summed E-state index contributed by atoms with van der Waals surface area (Å²) in [5.74, 6) is 1.07. The summed E-state index contributed by atoms with van der Waals surface area (Å²) >= 11 is 0. The average Bonchev–Trinajstić information content (AvgIpc) is 3.53. The molecule has 2 aromatic rings. The number of anilines is 2. The fourth-order valence-corrected chi connectivity index (χ4v) is 3.36. The minimum atomic E-state index is -0.146. The molecule has 0 radical (unpaired) electrons. The number of carbonyl (C=O) groups is 2. The van der Waals surface area contributed by atoms with Gasteiger partial charge < -0.3 is 15.5 Å². The minimum absolute atomic E-state index is 0.117. The molecule has 2 fully saturated rings. The van der Waals surface area contributed by atoms with E-state index < -0.39 is 0 Å². The van der Waals surface area contributed by atoms with E-state index in [1.165, 1.54) is 0 Å². The van der Waals surface area contributed by atoms with Crippen molar-refractivity contribution in [2.24, 2.45) is 5.92 Å². The number of nitrogens with zero attached hydrogens (tertiary/aromatic N) is 2. The Bertz CT molecular complexity index is 795. The van der Waals surface area contributed by atoms with Gasteiger partial charge in [0.05, 0.1) is 11.9 Å². The van der Waals surface area contributed by atoms with E-state index in [9.17, 15) is 9.59 Å². The molecule has 0 spiro atoms. The smallest absolute Gasteiger partial charge is 0.255 e. The van der Waals surface area contributed by atoms with E-state index in [4.69, 9.17) is 0 Å². The molecule has 1 aliphatic carbocycles. The Balaban J connectivity index is 1.30. The number of piperidine rings is 1. The molecule has 2 N–H and O–H groups in total. The molecule has 0 atom stereocenters. The highest BCUT2D eigenvalue weighted by Gasteiger charge is 2.30. The van der Waals surface area contributed by atoms with Gasteiger partial charge in [0.25, 0.3) is 5.91 Å². The third kappa shape index (κ3) is 4.45. The van der Waals surface area contributed by atoms with Crippen LogP contribution >= 0.6 is 0 Å². The molecule has 2 amide bonds. The summed E-state index contributed by atoms with van der Waals surface area (Å²) in [5.41, 5.74) is 1.29. The zero-order chi connectivity index (χ0) is 18.6. The summed E-state index contributed by atoms with van der Waals surface area (Å²) in [5, 5.41) is 5.97. The van der Waals surface area contributed by atoms with Crippen molar-refractivity contribution in [2.45, 2.75) is 31.7 Å². The molecule has 4 rings (SSSR count). The Morgan fingerprint density at radius 2 is 1.70 bits per heavy atom. The standard InChI is InChI=1S/C21H24N4O2/c26-20(15-4-2-1-3-5-15)24-18-8-9-19(22-14-18)25-12-10-16(11-13-25)21(27)23-17-6-7-17/h1-5,8-9,14,16-17H,6-7,10-13H2,(H,23,27)(H,24,26). The van der Waals surface area contributed by atoms with Crippen molar-refractivity contribution in [1.29, 1.82) is 0 Å². The highest BCUT2D eigenvalue weighted by atomic mass is 16.2. The average molecular weight is 364 g/mol. The maximum absolute atomic E-state index is 12.2. The van der Waals surface area contributed by atoms with Crippen molar-refractivity contribution in [3.05, 3.63) is 54.2 Å². The second kappa shape index (κ2) is 7.78. The van der Waals surface area contributed by atoms with Gasteiger partial charge in [-0.3, -0.25) is 9.59 Å². The van der Waals surface area contributed by atoms with Crippen LogP contribution in [0.25, 0.3) is 0 Å². The Morgan fingerprint density at radius 3 is 2.33 bits per heavy atom. The highest BCUT2D eigenvalue weighted by Crippen LogP contribution is 2.25. The van der Waals surface area contributed by atoms with Gasteiger partial charge in [0.2, 0.25) is 5.91 Å². The van der Waals surface area contributed by atoms with E-state index in [0.29, 0.717) is 17.3 Å². The second-order valence-electron chi connectivity index (χ2n) is 7.27. The number of benzene rings is 1. The lowest BCUT2D eigenvalue weighted by atomic mass is 9.96. The molecule has 1 aliphatic heterocycles. The molecule has 1 saturated carbocycles. The first kappa shape index (κ1) is 17.5. The van der Waals surface area contributed by atoms with Gasteiger partial charge >= 0.3 is 0 Å². The molecule has 1 aromatic heterocycles. The first-order valence-corrected chi connectivity index (χ1v) is 9.57. The van der Waals surface area contributed by atoms with Crippen LogP contribution < -0.4 is 15.5 Å². The van der Waals surface area contributed by atoms with Gasteiger partial charge in [-0.05, 0) is 49.9 Å². The van der Waals surface area contributed by atoms with Crippen LogP contribution in [-0.4, -0.2) is 35.9 Å². The number of carbonyl (C=O) groups excluding carboxylic acids is 2. The molecule has 6 nitrogen and oxygen atoms in total. The van der Waals surface area contributed by atoms with Crippen LogP contribution in [0.1, 0.15) is 36.0 Å². The monoisotopic (exact) mass is 364 g/mol. The highest BCUT2D eigenvalue weighted by molar-refractivity contribution is 6.04. The van der Waals surface area contributed by atoms with E-state index in [0.717, 1.165) is 44.6 Å². The van der Waals surface area contributed by atoms with Gasteiger partial charge in [-0.25, -0.2) is 4.98 Å². The topological polar surface area (TPSA) is 74.3 Å². The first-order chi connectivity index (χ1) is 13.2. The van der Waals surface area contributed by atoms with Gasteiger partial charge in [0, 0.05) is 30.6 Å². The van der Waals surface area contributed by atoms with Crippen molar-refractivity contribution >= 4 is 23.3 Å². The number of rotatable bonds is 5. The molecular formula is C21H24N4O2. The number of pyridine rings is 1. The van der Waals surface area contributed by atoms with Crippen LogP contribution in [0.15, 0.2) is 48.7 Å². The lowest BCUT2D eigenvalue weighted by Crippen LogP contribution is -2.41. The Kier molecular flexibility index (Phi) is 5.05. The summed E-state index contributed by atoms with van der Waals surface area (Å²) in [6.45, 7) is 1.65. The van der Waals surface area contributed by atoms with Crippen LogP contribution in [0.3, 0.4) is 0 Å². The van der Waals surface area contributed by atoms with E-state index >= 15 is 0 Å². The van der Waals surface area contributed by atoms with E-state index in [-0.39, 0.29) is 17.7 Å². The summed E-state index contributed by atoms with van der Waals surface area (Å²) in [6, 6.07) is 13.3. The lowest BCUT2D eigenvalue weighted by molar-refractivity contribution is -0.125. The molecule has 140 valence electrons.